The molecule has 1 aromatic rings. The molecule has 1 aliphatic heterocycles. The Morgan fingerprint density at radius 3 is 2.64 bits per heavy atom. The molecule has 4 heteroatoms. The number of hydrogen-bond acceptors (Lipinski definition) is 3. The van der Waals surface area contributed by atoms with E-state index in [1.165, 1.54) is 32.1 Å². The van der Waals surface area contributed by atoms with Crippen molar-refractivity contribution in [2.75, 3.05) is 11.5 Å². The first-order valence-electron chi connectivity index (χ1n) is 8.42. The Kier molecular flexibility index (Phi) is 4.39. The maximum atomic E-state index is 12.2. The number of nitrogens with two attached hydrogens (primary N) is 1. The second-order valence-electron chi connectivity index (χ2n) is 6.80. The van der Waals surface area contributed by atoms with Crippen LogP contribution in [0.3, 0.4) is 0 Å². The minimum Gasteiger partial charge on any atom is -0.482 e. The van der Waals surface area contributed by atoms with Gasteiger partial charge in [0.2, 0.25) is 0 Å². The molecule has 1 saturated carbocycles. The molecule has 0 aromatic heterocycles. The molecule has 0 bridgehead atoms. The molecule has 22 heavy (non-hydrogen) atoms. The molecule has 120 valence electrons. The van der Waals surface area contributed by atoms with Gasteiger partial charge in [-0.1, -0.05) is 25.3 Å². The molecule has 1 unspecified atom stereocenters. The van der Waals surface area contributed by atoms with Gasteiger partial charge in [-0.2, -0.15) is 0 Å². The highest BCUT2D eigenvalue weighted by Crippen LogP contribution is 2.38. The average Bonchev–Trinajstić information content (AvgIpc) is 2.54. The van der Waals surface area contributed by atoms with Crippen molar-refractivity contribution in [3.63, 3.8) is 0 Å². The van der Waals surface area contributed by atoms with E-state index in [2.05, 4.69) is 12.1 Å². The van der Waals surface area contributed by atoms with Crippen molar-refractivity contribution in [3.05, 3.63) is 23.8 Å². The van der Waals surface area contributed by atoms with Crippen LogP contribution in [0.4, 0.5) is 5.69 Å². The number of ether oxygens (including phenoxy) is 1. The van der Waals surface area contributed by atoms with Gasteiger partial charge in [-0.3, -0.25) is 4.79 Å². The Balaban J connectivity index is 1.90. The zero-order valence-corrected chi connectivity index (χ0v) is 13.5. The van der Waals surface area contributed by atoms with E-state index >= 15 is 0 Å². The highest BCUT2D eigenvalue weighted by atomic mass is 16.5. The van der Waals surface area contributed by atoms with E-state index in [4.69, 9.17) is 10.5 Å². The van der Waals surface area contributed by atoms with Gasteiger partial charge in [0.15, 0.2) is 6.61 Å². The van der Waals surface area contributed by atoms with E-state index in [0.29, 0.717) is 5.92 Å². The number of carbonyl (C=O) groups is 1. The lowest BCUT2D eigenvalue weighted by Gasteiger charge is -2.34. The number of rotatable bonds is 3. The molecule has 1 heterocycles. The van der Waals surface area contributed by atoms with Gasteiger partial charge < -0.3 is 15.4 Å². The summed E-state index contributed by atoms with van der Waals surface area (Å²) in [6, 6.07) is 6.26. The number of nitrogens with zero attached hydrogens (tertiary/aromatic N) is 1. The topological polar surface area (TPSA) is 55.6 Å². The summed E-state index contributed by atoms with van der Waals surface area (Å²) in [6.45, 7) is 4.18. The van der Waals surface area contributed by atoms with E-state index in [0.717, 1.165) is 17.0 Å². The van der Waals surface area contributed by atoms with Crippen molar-refractivity contribution >= 4 is 11.6 Å². The SMILES string of the molecule is CC(C)N1C(=O)COc2ccc(C(N)C3CCCCC3)cc21. The van der Waals surface area contributed by atoms with Crippen molar-refractivity contribution in [1.29, 1.82) is 0 Å². The molecule has 1 atom stereocenters. The van der Waals surface area contributed by atoms with Gasteiger partial charge in [0, 0.05) is 12.1 Å². The largest absolute Gasteiger partial charge is 0.482 e. The minimum atomic E-state index is 0.0193. The Hall–Kier alpha value is -1.55. The van der Waals surface area contributed by atoms with Crippen LogP contribution in [0.1, 0.15) is 57.6 Å². The third kappa shape index (κ3) is 2.84. The van der Waals surface area contributed by atoms with E-state index in [1.807, 2.05) is 24.8 Å². The molecule has 2 N–H and O–H groups in total. The molecular weight excluding hydrogens is 276 g/mol. The molecule has 2 aliphatic rings. The molecular formula is C18H26N2O2. The van der Waals surface area contributed by atoms with E-state index in [1.54, 1.807) is 0 Å². The maximum absolute atomic E-state index is 12.2. The Labute approximate surface area is 132 Å². The Morgan fingerprint density at radius 1 is 1.23 bits per heavy atom. The fraction of sp³-hybridized carbons (Fsp3) is 0.611. The van der Waals surface area contributed by atoms with Crippen molar-refractivity contribution in [3.8, 4) is 5.75 Å². The van der Waals surface area contributed by atoms with Crippen LogP contribution in [0.15, 0.2) is 18.2 Å². The third-order valence-corrected chi connectivity index (χ3v) is 4.92. The Bertz CT molecular complexity index is 550. The summed E-state index contributed by atoms with van der Waals surface area (Å²) in [7, 11) is 0. The van der Waals surface area contributed by atoms with E-state index in [9.17, 15) is 4.79 Å². The smallest absolute Gasteiger partial charge is 0.265 e. The summed E-state index contributed by atoms with van der Waals surface area (Å²) in [5.41, 5.74) is 8.51. The van der Waals surface area contributed by atoms with E-state index in [-0.39, 0.29) is 24.6 Å². The quantitative estimate of drug-likeness (QED) is 0.931. The third-order valence-electron chi connectivity index (χ3n) is 4.92. The van der Waals surface area contributed by atoms with Crippen LogP contribution in [-0.4, -0.2) is 18.6 Å². The van der Waals surface area contributed by atoms with Gasteiger partial charge >= 0.3 is 0 Å². The van der Waals surface area contributed by atoms with Crippen LogP contribution in [0.2, 0.25) is 0 Å². The highest BCUT2D eigenvalue weighted by molar-refractivity contribution is 5.98. The van der Waals surface area contributed by atoms with Crippen LogP contribution in [-0.2, 0) is 4.79 Å². The van der Waals surface area contributed by atoms with Gasteiger partial charge in [-0.25, -0.2) is 0 Å². The first-order valence-corrected chi connectivity index (χ1v) is 8.42. The van der Waals surface area contributed by atoms with Gasteiger partial charge in [0.1, 0.15) is 5.75 Å². The summed E-state index contributed by atoms with van der Waals surface area (Å²) >= 11 is 0. The van der Waals surface area contributed by atoms with Crippen LogP contribution < -0.4 is 15.4 Å². The molecule has 0 saturated heterocycles. The summed E-state index contributed by atoms with van der Waals surface area (Å²) in [6.07, 6.45) is 6.31. The average molecular weight is 302 g/mol. The van der Waals surface area contributed by atoms with Crippen LogP contribution in [0, 0.1) is 5.92 Å². The molecule has 0 spiro atoms. The molecule has 0 radical (unpaired) electrons. The predicted molar refractivity (Wildman–Crippen MR) is 88.1 cm³/mol. The number of anilines is 1. The van der Waals surface area contributed by atoms with Crippen LogP contribution in [0.5, 0.6) is 5.75 Å². The summed E-state index contributed by atoms with van der Waals surface area (Å²) in [4.78, 5) is 14.0. The summed E-state index contributed by atoms with van der Waals surface area (Å²) in [5.74, 6) is 1.36. The van der Waals surface area contributed by atoms with Gasteiger partial charge in [0.25, 0.3) is 5.91 Å². The zero-order valence-electron chi connectivity index (χ0n) is 13.5. The van der Waals surface area contributed by atoms with Crippen molar-refractivity contribution in [2.24, 2.45) is 11.7 Å². The summed E-state index contributed by atoms with van der Waals surface area (Å²) < 4.78 is 5.56. The van der Waals surface area contributed by atoms with Crippen LogP contribution >= 0.6 is 0 Å². The van der Waals surface area contributed by atoms with Gasteiger partial charge in [0.05, 0.1) is 5.69 Å². The first-order chi connectivity index (χ1) is 10.6. The van der Waals surface area contributed by atoms with Gasteiger partial charge in [-0.05, 0) is 50.3 Å². The highest BCUT2D eigenvalue weighted by Gasteiger charge is 2.29. The van der Waals surface area contributed by atoms with Crippen molar-refractivity contribution < 1.29 is 9.53 Å². The minimum absolute atomic E-state index is 0.0193. The normalized spacial score (nSPS) is 20.7. The zero-order chi connectivity index (χ0) is 15.7. The molecule has 4 nitrogen and oxygen atoms in total. The fourth-order valence-corrected chi connectivity index (χ4v) is 3.73. The monoisotopic (exact) mass is 302 g/mol. The second-order valence-corrected chi connectivity index (χ2v) is 6.80. The fourth-order valence-electron chi connectivity index (χ4n) is 3.73. The first kappa shape index (κ1) is 15.3. The molecule has 1 aliphatic carbocycles. The second kappa shape index (κ2) is 6.29. The molecule has 3 rings (SSSR count). The lowest BCUT2D eigenvalue weighted by molar-refractivity contribution is -0.121. The number of hydrogen-bond donors (Lipinski definition) is 1. The number of fused-ring (bicyclic) bond motifs is 1. The Morgan fingerprint density at radius 2 is 1.95 bits per heavy atom. The standard InChI is InChI=1S/C18H26N2O2/c1-12(2)20-15-10-14(8-9-16(15)22-11-17(20)21)18(19)13-6-4-3-5-7-13/h8-10,12-13,18H,3-7,11,19H2,1-2H3. The lowest BCUT2D eigenvalue weighted by atomic mass is 9.81. The number of amides is 1. The molecule has 1 aromatic carbocycles. The molecule has 1 amide bonds. The van der Waals surface area contributed by atoms with Gasteiger partial charge in [-0.15, -0.1) is 0 Å². The van der Waals surface area contributed by atoms with Crippen LogP contribution in [0.25, 0.3) is 0 Å². The summed E-state index contributed by atoms with van der Waals surface area (Å²) in [5, 5.41) is 0. The number of benzene rings is 1. The predicted octanol–water partition coefficient (Wildman–Crippen LogP) is 3.40. The van der Waals surface area contributed by atoms with Crippen molar-refractivity contribution in [2.45, 2.75) is 58.0 Å². The van der Waals surface area contributed by atoms with E-state index < -0.39 is 0 Å². The molecule has 1 fully saturated rings. The van der Waals surface area contributed by atoms with Crippen molar-refractivity contribution in [1.82, 2.24) is 0 Å². The lowest BCUT2D eigenvalue weighted by Crippen LogP contribution is -2.43. The number of carbonyl (C=O) groups excluding carboxylic acids is 1. The maximum Gasteiger partial charge on any atom is 0.265 e.